The average molecular weight is 347 g/mol. The van der Waals surface area contributed by atoms with Gasteiger partial charge in [-0.1, -0.05) is 0 Å². The molecular formula is C10H10IN3O3. The Morgan fingerprint density at radius 3 is 2.88 bits per heavy atom. The van der Waals surface area contributed by atoms with Crippen molar-refractivity contribution >= 4 is 28.3 Å². The van der Waals surface area contributed by atoms with Crippen LogP contribution in [0.4, 0.5) is 5.69 Å². The van der Waals surface area contributed by atoms with Gasteiger partial charge in [0.25, 0.3) is 0 Å². The quantitative estimate of drug-likeness (QED) is 0.379. The molecule has 0 spiro atoms. The van der Waals surface area contributed by atoms with Gasteiger partial charge >= 0.3 is 5.69 Å². The van der Waals surface area contributed by atoms with Gasteiger partial charge in [-0.2, -0.15) is 5.26 Å². The fourth-order valence-electron chi connectivity index (χ4n) is 1.18. The van der Waals surface area contributed by atoms with Crippen LogP contribution in [-0.4, -0.2) is 25.1 Å². The molecule has 0 unspecified atom stereocenters. The zero-order valence-corrected chi connectivity index (χ0v) is 11.2. The van der Waals surface area contributed by atoms with Gasteiger partial charge in [0.15, 0.2) is 0 Å². The third-order valence-corrected chi connectivity index (χ3v) is 2.75. The van der Waals surface area contributed by atoms with Crippen LogP contribution in [0.3, 0.4) is 0 Å². The van der Waals surface area contributed by atoms with E-state index in [0.29, 0.717) is 16.7 Å². The van der Waals surface area contributed by atoms with E-state index in [0.717, 1.165) is 0 Å². The molecule has 6 nitrogen and oxygen atoms in total. The topological polar surface area (TPSA) is 88.2 Å². The molecule has 0 heterocycles. The lowest BCUT2D eigenvalue weighted by molar-refractivity contribution is -0.386. The van der Waals surface area contributed by atoms with Crippen molar-refractivity contribution in [2.45, 2.75) is 0 Å². The van der Waals surface area contributed by atoms with Crippen LogP contribution in [-0.2, 0) is 0 Å². The molecule has 90 valence electrons. The monoisotopic (exact) mass is 347 g/mol. The van der Waals surface area contributed by atoms with Crippen LogP contribution in [0, 0.1) is 25.0 Å². The Hall–Kier alpha value is -1.40. The largest absolute Gasteiger partial charge is 0.485 e. The molecule has 0 aromatic heterocycles. The van der Waals surface area contributed by atoms with E-state index < -0.39 is 4.92 Å². The molecule has 0 radical (unpaired) electrons. The fourth-order valence-corrected chi connectivity index (χ4v) is 1.94. The number of benzene rings is 1. The summed E-state index contributed by atoms with van der Waals surface area (Å²) < 4.78 is 5.91. The molecule has 0 saturated heterocycles. The normalized spacial score (nSPS) is 9.71. The maximum atomic E-state index is 10.9. The molecule has 1 rings (SSSR count). The number of likely N-dealkylation sites (N-methyl/N-ethyl adjacent to an activating group) is 1. The van der Waals surface area contributed by atoms with E-state index in [-0.39, 0.29) is 17.0 Å². The first-order chi connectivity index (χ1) is 8.10. The van der Waals surface area contributed by atoms with E-state index in [4.69, 9.17) is 10.00 Å². The number of ether oxygens (including phenoxy) is 1. The predicted octanol–water partition coefficient (Wildman–Crippen LogP) is 1.67. The summed E-state index contributed by atoms with van der Waals surface area (Å²) in [5, 5.41) is 22.5. The summed E-state index contributed by atoms with van der Waals surface area (Å²) >= 11 is 1.92. The van der Waals surface area contributed by atoms with Crippen molar-refractivity contribution < 1.29 is 9.66 Å². The van der Waals surface area contributed by atoms with Crippen molar-refractivity contribution in [1.29, 1.82) is 5.26 Å². The van der Waals surface area contributed by atoms with Crippen molar-refractivity contribution in [2.24, 2.45) is 0 Å². The van der Waals surface area contributed by atoms with Crippen LogP contribution in [0.25, 0.3) is 0 Å². The smallest absolute Gasteiger partial charge is 0.313 e. The average Bonchev–Trinajstić information content (AvgIpc) is 2.30. The number of nitro groups is 1. The molecule has 7 heteroatoms. The maximum absolute atomic E-state index is 10.9. The van der Waals surface area contributed by atoms with Gasteiger partial charge in [0, 0.05) is 12.6 Å². The van der Waals surface area contributed by atoms with E-state index in [1.165, 1.54) is 6.07 Å². The second kappa shape index (κ2) is 6.36. The van der Waals surface area contributed by atoms with Gasteiger partial charge in [0.05, 0.1) is 20.1 Å². The van der Waals surface area contributed by atoms with Crippen LogP contribution < -0.4 is 10.1 Å². The molecule has 17 heavy (non-hydrogen) atoms. The predicted molar refractivity (Wildman–Crippen MR) is 70.0 cm³/mol. The molecule has 0 aliphatic carbocycles. The molecule has 1 aromatic carbocycles. The Labute approximate surface area is 112 Å². The highest BCUT2D eigenvalue weighted by molar-refractivity contribution is 14.1. The summed E-state index contributed by atoms with van der Waals surface area (Å²) in [5.74, 6) is 0.213. The SMILES string of the molecule is CNCCOc1c(I)cc(C#N)cc1[N+](=O)[O-]. The summed E-state index contributed by atoms with van der Waals surface area (Å²) in [6, 6.07) is 4.66. The van der Waals surface area contributed by atoms with Gasteiger partial charge in [-0.3, -0.25) is 10.1 Å². The lowest BCUT2D eigenvalue weighted by Gasteiger charge is -2.08. The second-order valence-corrected chi connectivity index (χ2v) is 4.29. The Bertz CT molecular complexity index is 471. The van der Waals surface area contributed by atoms with Crippen molar-refractivity contribution in [3.05, 3.63) is 31.4 Å². The zero-order valence-electron chi connectivity index (χ0n) is 9.07. The summed E-state index contributed by atoms with van der Waals surface area (Å²) in [6.07, 6.45) is 0. The Morgan fingerprint density at radius 1 is 1.65 bits per heavy atom. The number of hydrogen-bond donors (Lipinski definition) is 1. The number of nitrogens with one attached hydrogen (secondary N) is 1. The van der Waals surface area contributed by atoms with Gasteiger partial charge < -0.3 is 10.1 Å². The molecule has 0 atom stereocenters. The molecule has 0 aliphatic rings. The Morgan fingerprint density at radius 2 is 2.35 bits per heavy atom. The molecular weight excluding hydrogens is 337 g/mol. The summed E-state index contributed by atoms with van der Waals surface area (Å²) in [7, 11) is 1.77. The first-order valence-electron chi connectivity index (χ1n) is 4.75. The molecule has 0 fully saturated rings. The highest BCUT2D eigenvalue weighted by Gasteiger charge is 2.20. The Kier molecular flexibility index (Phi) is 5.11. The molecule has 1 aromatic rings. The van der Waals surface area contributed by atoms with Crippen LogP contribution >= 0.6 is 22.6 Å². The third kappa shape index (κ3) is 3.54. The van der Waals surface area contributed by atoms with Gasteiger partial charge in [0.2, 0.25) is 5.75 Å². The van der Waals surface area contributed by atoms with Gasteiger partial charge in [-0.25, -0.2) is 0 Å². The first kappa shape index (κ1) is 13.7. The van der Waals surface area contributed by atoms with Crippen molar-refractivity contribution in [3.8, 4) is 11.8 Å². The van der Waals surface area contributed by atoms with Crippen LogP contribution in [0.1, 0.15) is 5.56 Å². The van der Waals surface area contributed by atoms with Crippen LogP contribution in [0.5, 0.6) is 5.75 Å². The first-order valence-corrected chi connectivity index (χ1v) is 5.83. The Balaban J connectivity index is 3.09. The van der Waals surface area contributed by atoms with Crippen LogP contribution in [0.2, 0.25) is 0 Å². The van der Waals surface area contributed by atoms with E-state index in [1.54, 1.807) is 13.1 Å². The summed E-state index contributed by atoms with van der Waals surface area (Å²) in [4.78, 5) is 10.3. The number of nitro benzene ring substituents is 1. The molecule has 0 aliphatic heterocycles. The minimum absolute atomic E-state index is 0.176. The van der Waals surface area contributed by atoms with Crippen LogP contribution in [0.15, 0.2) is 12.1 Å². The summed E-state index contributed by atoms with van der Waals surface area (Å²) in [6.45, 7) is 0.923. The number of nitrogens with zero attached hydrogens (tertiary/aromatic N) is 2. The molecule has 0 amide bonds. The van der Waals surface area contributed by atoms with E-state index in [9.17, 15) is 10.1 Å². The van der Waals surface area contributed by atoms with Gasteiger partial charge in [0.1, 0.15) is 6.61 Å². The molecule has 0 saturated carbocycles. The van der Waals surface area contributed by atoms with Crippen molar-refractivity contribution in [3.63, 3.8) is 0 Å². The maximum Gasteiger partial charge on any atom is 0.313 e. The highest BCUT2D eigenvalue weighted by Crippen LogP contribution is 2.33. The van der Waals surface area contributed by atoms with Crippen molar-refractivity contribution in [1.82, 2.24) is 5.32 Å². The van der Waals surface area contributed by atoms with Gasteiger partial charge in [-0.05, 0) is 35.7 Å². The fraction of sp³-hybridized carbons (Fsp3) is 0.300. The zero-order chi connectivity index (χ0) is 12.8. The molecule has 0 bridgehead atoms. The van der Waals surface area contributed by atoms with Gasteiger partial charge in [-0.15, -0.1) is 0 Å². The second-order valence-electron chi connectivity index (χ2n) is 3.13. The van der Waals surface area contributed by atoms with Crippen molar-refractivity contribution in [2.75, 3.05) is 20.2 Å². The standard InChI is InChI=1S/C10H10IN3O3/c1-13-2-3-17-10-8(11)4-7(6-12)5-9(10)14(15)16/h4-5,13H,2-3H2,1H3. The number of hydrogen-bond acceptors (Lipinski definition) is 5. The third-order valence-electron chi connectivity index (χ3n) is 1.95. The molecule has 1 N–H and O–H groups in total. The van der Waals surface area contributed by atoms with E-state index >= 15 is 0 Å². The number of rotatable bonds is 5. The minimum atomic E-state index is -0.544. The highest BCUT2D eigenvalue weighted by atomic mass is 127. The number of nitriles is 1. The number of halogens is 1. The lowest BCUT2D eigenvalue weighted by atomic mass is 10.2. The minimum Gasteiger partial charge on any atom is -0.485 e. The summed E-state index contributed by atoms with van der Waals surface area (Å²) in [5.41, 5.74) is 0.0756. The lowest BCUT2D eigenvalue weighted by Crippen LogP contribution is -2.16. The van der Waals surface area contributed by atoms with E-state index in [2.05, 4.69) is 5.32 Å². The van der Waals surface area contributed by atoms with E-state index in [1.807, 2.05) is 28.7 Å².